The Balaban J connectivity index is 2.25. The molecule has 86 valence electrons. The summed E-state index contributed by atoms with van der Waals surface area (Å²) in [6.07, 6.45) is 0. The zero-order valence-electron chi connectivity index (χ0n) is 9.68. The average Bonchev–Trinajstić information content (AvgIpc) is 2.73. The maximum Gasteiger partial charge on any atom is 0.136 e. The lowest BCUT2D eigenvalue weighted by Crippen LogP contribution is -1.81. The van der Waals surface area contributed by atoms with E-state index in [4.69, 9.17) is 10.2 Å². The van der Waals surface area contributed by atoms with Crippen molar-refractivity contribution in [1.29, 1.82) is 0 Å². The lowest BCUT2D eigenvalue weighted by atomic mass is 10.1. The van der Waals surface area contributed by atoms with Gasteiger partial charge in [-0.3, -0.25) is 0 Å². The summed E-state index contributed by atoms with van der Waals surface area (Å²) in [5.74, 6) is 0. The van der Waals surface area contributed by atoms with Gasteiger partial charge >= 0.3 is 0 Å². The van der Waals surface area contributed by atoms with E-state index in [0.29, 0.717) is 0 Å². The number of rotatable bonds is 0. The standard InChI is InChI=1S/C16H11NO/c17-12-5-6-15-14(9-12)13-7-10-3-1-2-4-11(10)8-16(13)18-15/h1-9H,17H2. The molecule has 4 aromatic rings. The maximum atomic E-state index is 5.86. The highest BCUT2D eigenvalue weighted by Crippen LogP contribution is 2.32. The number of anilines is 1. The van der Waals surface area contributed by atoms with Gasteiger partial charge in [-0.1, -0.05) is 24.3 Å². The molecule has 0 atom stereocenters. The van der Waals surface area contributed by atoms with Gasteiger partial charge in [0.1, 0.15) is 11.2 Å². The van der Waals surface area contributed by atoms with Gasteiger partial charge in [0.15, 0.2) is 0 Å². The largest absolute Gasteiger partial charge is 0.456 e. The molecular formula is C16H11NO. The fourth-order valence-electron chi connectivity index (χ4n) is 2.48. The average molecular weight is 233 g/mol. The maximum absolute atomic E-state index is 5.86. The van der Waals surface area contributed by atoms with E-state index in [1.807, 2.05) is 30.3 Å². The monoisotopic (exact) mass is 233 g/mol. The molecule has 3 aromatic carbocycles. The minimum Gasteiger partial charge on any atom is -0.456 e. The Morgan fingerprint density at radius 3 is 2.28 bits per heavy atom. The molecule has 0 unspecified atom stereocenters. The molecule has 0 aliphatic heterocycles. The Hall–Kier alpha value is -2.48. The number of furan rings is 1. The molecule has 2 heteroatoms. The van der Waals surface area contributed by atoms with Crippen molar-refractivity contribution in [2.45, 2.75) is 0 Å². The van der Waals surface area contributed by atoms with Crippen LogP contribution in [0.15, 0.2) is 59.0 Å². The minimum absolute atomic E-state index is 0.762. The zero-order chi connectivity index (χ0) is 12.1. The SMILES string of the molecule is Nc1ccc2oc3cc4ccccc4cc3c2c1. The molecule has 0 aliphatic carbocycles. The molecule has 1 aromatic heterocycles. The summed E-state index contributed by atoms with van der Waals surface area (Å²) in [4.78, 5) is 0. The molecule has 0 spiro atoms. The normalized spacial score (nSPS) is 11.6. The lowest BCUT2D eigenvalue weighted by Gasteiger charge is -1.97. The van der Waals surface area contributed by atoms with Crippen LogP contribution in [0.3, 0.4) is 0 Å². The Morgan fingerprint density at radius 1 is 0.722 bits per heavy atom. The predicted molar refractivity (Wildman–Crippen MR) is 75.6 cm³/mol. The number of nitrogens with two attached hydrogens (primary N) is 1. The molecule has 4 rings (SSSR count). The van der Waals surface area contributed by atoms with E-state index in [1.54, 1.807) is 0 Å². The first-order chi connectivity index (χ1) is 8.81. The minimum atomic E-state index is 0.762. The molecule has 0 aliphatic rings. The molecule has 18 heavy (non-hydrogen) atoms. The fraction of sp³-hybridized carbons (Fsp3) is 0. The highest BCUT2D eigenvalue weighted by atomic mass is 16.3. The number of nitrogen functional groups attached to an aromatic ring is 1. The Labute approximate surface area is 104 Å². The van der Waals surface area contributed by atoms with Crippen molar-refractivity contribution in [2.75, 3.05) is 5.73 Å². The van der Waals surface area contributed by atoms with Crippen molar-refractivity contribution in [1.82, 2.24) is 0 Å². The third-order valence-corrected chi connectivity index (χ3v) is 3.36. The molecule has 0 saturated heterocycles. The first kappa shape index (κ1) is 9.54. The summed E-state index contributed by atoms with van der Waals surface area (Å²) in [7, 11) is 0. The molecule has 2 nitrogen and oxygen atoms in total. The number of fused-ring (bicyclic) bond motifs is 4. The van der Waals surface area contributed by atoms with E-state index in [1.165, 1.54) is 10.8 Å². The Bertz CT molecular complexity index is 889. The molecule has 0 saturated carbocycles. The van der Waals surface area contributed by atoms with E-state index in [2.05, 4.69) is 24.3 Å². The third-order valence-electron chi connectivity index (χ3n) is 3.36. The number of benzene rings is 3. The van der Waals surface area contributed by atoms with E-state index in [9.17, 15) is 0 Å². The molecule has 2 N–H and O–H groups in total. The summed E-state index contributed by atoms with van der Waals surface area (Å²) in [6.45, 7) is 0. The van der Waals surface area contributed by atoms with Crippen LogP contribution in [0.2, 0.25) is 0 Å². The molecule has 0 amide bonds. The van der Waals surface area contributed by atoms with Crippen molar-refractivity contribution in [2.24, 2.45) is 0 Å². The summed E-state index contributed by atoms with van der Waals surface area (Å²) < 4.78 is 5.86. The summed E-state index contributed by atoms with van der Waals surface area (Å²) in [5.41, 5.74) is 8.40. The van der Waals surface area contributed by atoms with Gasteiger partial charge < -0.3 is 10.2 Å². The van der Waals surface area contributed by atoms with Crippen LogP contribution in [0.25, 0.3) is 32.7 Å². The van der Waals surface area contributed by atoms with Crippen LogP contribution < -0.4 is 5.73 Å². The van der Waals surface area contributed by atoms with Gasteiger partial charge in [-0.15, -0.1) is 0 Å². The van der Waals surface area contributed by atoms with Crippen LogP contribution >= 0.6 is 0 Å². The Morgan fingerprint density at radius 2 is 1.44 bits per heavy atom. The predicted octanol–water partition coefficient (Wildman–Crippen LogP) is 4.32. The number of hydrogen-bond acceptors (Lipinski definition) is 2. The van der Waals surface area contributed by atoms with Gasteiger partial charge in [0.2, 0.25) is 0 Å². The van der Waals surface area contributed by atoms with Crippen molar-refractivity contribution in [3.63, 3.8) is 0 Å². The van der Waals surface area contributed by atoms with E-state index in [0.717, 1.165) is 27.6 Å². The van der Waals surface area contributed by atoms with Gasteiger partial charge in [0, 0.05) is 16.5 Å². The van der Waals surface area contributed by atoms with Crippen LogP contribution in [0.4, 0.5) is 5.69 Å². The molecule has 0 fully saturated rings. The second kappa shape index (κ2) is 3.26. The smallest absolute Gasteiger partial charge is 0.136 e. The van der Waals surface area contributed by atoms with Crippen LogP contribution in [0, 0.1) is 0 Å². The van der Waals surface area contributed by atoms with Gasteiger partial charge in [-0.05, 0) is 41.1 Å². The van der Waals surface area contributed by atoms with Crippen molar-refractivity contribution >= 4 is 38.4 Å². The second-order valence-electron chi connectivity index (χ2n) is 4.55. The van der Waals surface area contributed by atoms with Crippen molar-refractivity contribution in [3.05, 3.63) is 54.6 Å². The summed E-state index contributed by atoms with van der Waals surface area (Å²) >= 11 is 0. The first-order valence-corrected chi connectivity index (χ1v) is 5.92. The van der Waals surface area contributed by atoms with Gasteiger partial charge in [0.05, 0.1) is 0 Å². The van der Waals surface area contributed by atoms with E-state index in [-0.39, 0.29) is 0 Å². The highest BCUT2D eigenvalue weighted by Gasteiger charge is 2.08. The van der Waals surface area contributed by atoms with E-state index < -0.39 is 0 Å². The van der Waals surface area contributed by atoms with Gasteiger partial charge in [-0.25, -0.2) is 0 Å². The topological polar surface area (TPSA) is 39.2 Å². The van der Waals surface area contributed by atoms with Crippen LogP contribution in [-0.4, -0.2) is 0 Å². The molecule has 1 heterocycles. The summed E-state index contributed by atoms with van der Waals surface area (Å²) in [5, 5.41) is 4.61. The lowest BCUT2D eigenvalue weighted by molar-refractivity contribution is 0.669. The first-order valence-electron chi connectivity index (χ1n) is 5.92. The van der Waals surface area contributed by atoms with Crippen molar-refractivity contribution in [3.8, 4) is 0 Å². The van der Waals surface area contributed by atoms with Gasteiger partial charge in [-0.2, -0.15) is 0 Å². The third kappa shape index (κ3) is 1.23. The van der Waals surface area contributed by atoms with E-state index >= 15 is 0 Å². The Kier molecular flexibility index (Phi) is 1.73. The number of hydrogen-bond donors (Lipinski definition) is 1. The van der Waals surface area contributed by atoms with Gasteiger partial charge in [0.25, 0.3) is 0 Å². The molecular weight excluding hydrogens is 222 g/mol. The van der Waals surface area contributed by atoms with Crippen LogP contribution in [-0.2, 0) is 0 Å². The highest BCUT2D eigenvalue weighted by molar-refractivity contribution is 6.10. The fourth-order valence-corrected chi connectivity index (χ4v) is 2.48. The quantitative estimate of drug-likeness (QED) is 0.459. The summed E-state index contributed by atoms with van der Waals surface area (Å²) in [6, 6.07) is 18.3. The van der Waals surface area contributed by atoms with Crippen LogP contribution in [0.1, 0.15) is 0 Å². The van der Waals surface area contributed by atoms with Crippen LogP contribution in [0.5, 0.6) is 0 Å². The zero-order valence-corrected chi connectivity index (χ0v) is 9.68. The molecule has 0 bridgehead atoms. The van der Waals surface area contributed by atoms with Crippen molar-refractivity contribution < 1.29 is 4.42 Å². The second-order valence-corrected chi connectivity index (χ2v) is 4.55. The molecule has 0 radical (unpaired) electrons.